The molecule has 1 atom stereocenters. The average molecular weight is 333 g/mol. The molecule has 1 unspecified atom stereocenters. The lowest BCUT2D eigenvalue weighted by molar-refractivity contribution is 0.182. The topological polar surface area (TPSA) is 53.4 Å². The highest BCUT2D eigenvalue weighted by Gasteiger charge is 2.01. The number of allylic oxidation sites excluding steroid dienone is 1. The second-order valence-corrected chi connectivity index (χ2v) is 6.40. The fourth-order valence-electron chi connectivity index (χ4n) is 2.82. The van der Waals surface area contributed by atoms with Gasteiger partial charge in [-0.2, -0.15) is 0 Å². The standard InChI is InChI=1S/C22H23NO2/c1-16(24)5-3-2-4-6-21-11-9-20(15-23-21)18-7-8-19-14-22(25)12-10-17(19)13-18/h4,6-16,24-25H,2-3,5H2,1H3/b6-4+. The van der Waals surface area contributed by atoms with E-state index >= 15 is 0 Å². The molecule has 0 bridgehead atoms. The Morgan fingerprint density at radius 3 is 2.52 bits per heavy atom. The molecule has 0 aliphatic rings. The lowest BCUT2D eigenvalue weighted by atomic mass is 10.0. The van der Waals surface area contributed by atoms with Crippen molar-refractivity contribution >= 4 is 16.8 Å². The predicted molar refractivity (Wildman–Crippen MR) is 103 cm³/mol. The molecule has 0 saturated heterocycles. The number of pyridine rings is 1. The van der Waals surface area contributed by atoms with Crippen LogP contribution in [0.1, 0.15) is 31.9 Å². The van der Waals surface area contributed by atoms with Crippen molar-refractivity contribution in [3.05, 3.63) is 66.5 Å². The Hall–Kier alpha value is -2.65. The second kappa shape index (κ2) is 7.95. The molecular weight excluding hydrogens is 310 g/mol. The van der Waals surface area contributed by atoms with E-state index in [1.807, 2.05) is 43.5 Å². The van der Waals surface area contributed by atoms with Crippen molar-refractivity contribution < 1.29 is 10.2 Å². The third-order valence-corrected chi connectivity index (χ3v) is 4.22. The van der Waals surface area contributed by atoms with Crippen LogP contribution in [0.2, 0.25) is 0 Å². The minimum absolute atomic E-state index is 0.225. The monoisotopic (exact) mass is 333 g/mol. The lowest BCUT2D eigenvalue weighted by Crippen LogP contribution is -1.97. The first-order valence-electron chi connectivity index (χ1n) is 8.65. The number of nitrogens with zero attached hydrogens (tertiary/aromatic N) is 1. The molecule has 3 aromatic rings. The number of aliphatic hydroxyl groups excluding tert-OH is 1. The summed E-state index contributed by atoms with van der Waals surface area (Å²) < 4.78 is 0. The van der Waals surface area contributed by atoms with E-state index in [1.165, 1.54) is 0 Å². The van der Waals surface area contributed by atoms with Gasteiger partial charge in [-0.25, -0.2) is 0 Å². The molecule has 1 aromatic heterocycles. The summed E-state index contributed by atoms with van der Waals surface area (Å²) in [5.41, 5.74) is 3.12. The van der Waals surface area contributed by atoms with Gasteiger partial charge in [-0.15, -0.1) is 0 Å². The highest BCUT2D eigenvalue weighted by Crippen LogP contribution is 2.26. The molecule has 3 heteroatoms. The van der Waals surface area contributed by atoms with E-state index in [2.05, 4.69) is 23.2 Å². The Morgan fingerprint density at radius 2 is 1.76 bits per heavy atom. The van der Waals surface area contributed by atoms with Crippen molar-refractivity contribution in [2.24, 2.45) is 0 Å². The summed E-state index contributed by atoms with van der Waals surface area (Å²) in [5, 5.41) is 20.9. The summed E-state index contributed by atoms with van der Waals surface area (Å²) in [5.74, 6) is 0.284. The fourth-order valence-corrected chi connectivity index (χ4v) is 2.82. The molecule has 128 valence electrons. The minimum Gasteiger partial charge on any atom is -0.508 e. The summed E-state index contributed by atoms with van der Waals surface area (Å²) >= 11 is 0. The number of phenolic OH excluding ortho intramolecular Hbond substituents is 1. The van der Waals surface area contributed by atoms with Crippen LogP contribution in [0.3, 0.4) is 0 Å². The van der Waals surface area contributed by atoms with Crippen molar-refractivity contribution in [3.8, 4) is 16.9 Å². The van der Waals surface area contributed by atoms with Crippen molar-refractivity contribution in [2.75, 3.05) is 0 Å². The van der Waals surface area contributed by atoms with Gasteiger partial charge in [0.25, 0.3) is 0 Å². The van der Waals surface area contributed by atoms with Crippen LogP contribution in [0.15, 0.2) is 60.8 Å². The molecule has 0 spiro atoms. The average Bonchev–Trinajstić information content (AvgIpc) is 2.61. The maximum Gasteiger partial charge on any atom is 0.116 e. The Balaban J connectivity index is 1.69. The molecule has 25 heavy (non-hydrogen) atoms. The van der Waals surface area contributed by atoms with Gasteiger partial charge in [0.1, 0.15) is 5.75 Å². The van der Waals surface area contributed by atoms with Crippen LogP contribution >= 0.6 is 0 Å². The van der Waals surface area contributed by atoms with Crippen molar-refractivity contribution in [1.29, 1.82) is 0 Å². The van der Waals surface area contributed by atoms with Crippen LogP contribution in [0.25, 0.3) is 28.0 Å². The van der Waals surface area contributed by atoms with E-state index < -0.39 is 0 Å². The zero-order valence-electron chi connectivity index (χ0n) is 14.4. The number of hydrogen-bond acceptors (Lipinski definition) is 3. The van der Waals surface area contributed by atoms with Crippen molar-refractivity contribution in [1.82, 2.24) is 4.98 Å². The van der Waals surface area contributed by atoms with Crippen LogP contribution in [-0.4, -0.2) is 21.3 Å². The molecule has 1 heterocycles. The van der Waals surface area contributed by atoms with Gasteiger partial charge >= 0.3 is 0 Å². The molecule has 0 amide bonds. The van der Waals surface area contributed by atoms with Crippen LogP contribution in [0.4, 0.5) is 0 Å². The largest absolute Gasteiger partial charge is 0.508 e. The van der Waals surface area contributed by atoms with Crippen LogP contribution in [0, 0.1) is 0 Å². The maximum atomic E-state index is 9.55. The molecule has 3 rings (SSSR count). The zero-order chi connectivity index (χ0) is 17.6. The number of rotatable bonds is 6. The minimum atomic E-state index is -0.225. The summed E-state index contributed by atoms with van der Waals surface area (Å²) in [6.45, 7) is 1.82. The third kappa shape index (κ3) is 4.68. The first kappa shape index (κ1) is 17.2. The highest BCUT2D eigenvalue weighted by molar-refractivity contribution is 5.88. The predicted octanol–water partition coefficient (Wildman–Crippen LogP) is 5.17. The highest BCUT2D eigenvalue weighted by atomic mass is 16.3. The van der Waals surface area contributed by atoms with Gasteiger partial charge in [-0.1, -0.05) is 30.3 Å². The van der Waals surface area contributed by atoms with Crippen LogP contribution in [0.5, 0.6) is 5.75 Å². The van der Waals surface area contributed by atoms with Gasteiger partial charge in [0.2, 0.25) is 0 Å². The van der Waals surface area contributed by atoms with Crippen LogP contribution in [-0.2, 0) is 0 Å². The third-order valence-electron chi connectivity index (χ3n) is 4.22. The maximum absolute atomic E-state index is 9.55. The lowest BCUT2D eigenvalue weighted by Gasteiger charge is -2.05. The van der Waals surface area contributed by atoms with Gasteiger partial charge in [0.05, 0.1) is 11.8 Å². The molecular formula is C22H23NO2. The first-order chi connectivity index (χ1) is 12.1. The van der Waals surface area contributed by atoms with E-state index in [-0.39, 0.29) is 11.9 Å². The van der Waals surface area contributed by atoms with E-state index in [9.17, 15) is 10.2 Å². The number of hydrogen-bond donors (Lipinski definition) is 2. The quantitative estimate of drug-likeness (QED) is 0.612. The number of phenols is 1. The molecule has 2 aromatic carbocycles. The normalized spacial score (nSPS) is 12.7. The number of aromatic hydroxyl groups is 1. The number of aliphatic hydroxyl groups is 1. The van der Waals surface area contributed by atoms with Crippen molar-refractivity contribution in [3.63, 3.8) is 0 Å². The van der Waals surface area contributed by atoms with Gasteiger partial charge in [-0.05, 0) is 72.9 Å². The summed E-state index contributed by atoms with van der Waals surface area (Å²) in [7, 11) is 0. The molecule has 0 aliphatic carbocycles. The Kier molecular flexibility index (Phi) is 5.46. The van der Waals surface area contributed by atoms with E-state index in [1.54, 1.807) is 12.1 Å². The van der Waals surface area contributed by atoms with Crippen LogP contribution < -0.4 is 0 Å². The van der Waals surface area contributed by atoms with Gasteiger partial charge in [0, 0.05) is 11.8 Å². The number of fused-ring (bicyclic) bond motifs is 1. The van der Waals surface area contributed by atoms with Gasteiger partial charge in [-0.3, -0.25) is 4.98 Å². The fraction of sp³-hybridized carbons (Fsp3) is 0.227. The zero-order valence-corrected chi connectivity index (χ0v) is 14.4. The molecule has 0 saturated carbocycles. The molecule has 0 radical (unpaired) electrons. The van der Waals surface area contributed by atoms with Crippen molar-refractivity contribution in [2.45, 2.75) is 32.3 Å². The van der Waals surface area contributed by atoms with Gasteiger partial charge < -0.3 is 10.2 Å². The molecule has 3 nitrogen and oxygen atoms in total. The SMILES string of the molecule is CC(O)CCC/C=C/c1ccc(-c2ccc3cc(O)ccc3c2)cn1. The molecule has 0 fully saturated rings. The number of aromatic nitrogens is 1. The van der Waals surface area contributed by atoms with E-state index in [0.29, 0.717) is 0 Å². The molecule has 0 aliphatic heterocycles. The Bertz CT molecular complexity index is 867. The van der Waals surface area contributed by atoms with Gasteiger partial charge in [0.15, 0.2) is 0 Å². The summed E-state index contributed by atoms with van der Waals surface area (Å²) in [6, 6.07) is 15.7. The second-order valence-electron chi connectivity index (χ2n) is 6.40. The number of benzene rings is 2. The van der Waals surface area contributed by atoms with E-state index in [4.69, 9.17) is 0 Å². The van der Waals surface area contributed by atoms with E-state index in [0.717, 1.165) is 46.9 Å². The molecule has 2 N–H and O–H groups in total. The smallest absolute Gasteiger partial charge is 0.116 e. The number of unbranched alkanes of at least 4 members (excludes halogenated alkanes) is 1. The first-order valence-corrected chi connectivity index (χ1v) is 8.65. The summed E-state index contributed by atoms with van der Waals surface area (Å²) in [6.07, 6.45) is 8.55. The Labute approximate surface area is 148 Å². The summed E-state index contributed by atoms with van der Waals surface area (Å²) in [4.78, 5) is 4.51. The Morgan fingerprint density at radius 1 is 1.00 bits per heavy atom.